The number of carbonyl (C=O) groups is 3. The number of carboxylic acids is 1. The summed E-state index contributed by atoms with van der Waals surface area (Å²) in [6.07, 6.45) is -6.82. The molecule has 1 fully saturated rings. The minimum Gasteiger partial charge on any atom is -0.480 e. The number of nitrogens with zero attached hydrogens (tertiary/aromatic N) is 1. The van der Waals surface area contributed by atoms with Gasteiger partial charge >= 0.3 is 18.2 Å². The van der Waals surface area contributed by atoms with Gasteiger partial charge in [-0.3, -0.25) is 19.8 Å². The van der Waals surface area contributed by atoms with E-state index in [0.29, 0.717) is 5.39 Å². The van der Waals surface area contributed by atoms with Crippen molar-refractivity contribution in [2.24, 2.45) is 5.73 Å². The van der Waals surface area contributed by atoms with Crippen molar-refractivity contribution in [3.05, 3.63) is 64.4 Å². The maximum atomic E-state index is 13.5. The van der Waals surface area contributed by atoms with E-state index in [1.807, 2.05) is 0 Å². The van der Waals surface area contributed by atoms with Gasteiger partial charge in [0.2, 0.25) is 0 Å². The number of hydrogen-bond donors (Lipinski definition) is 4. The Morgan fingerprint density at radius 2 is 1.87 bits per heavy atom. The largest absolute Gasteiger partial charge is 0.480 e. The van der Waals surface area contributed by atoms with E-state index in [2.05, 4.69) is 10.3 Å². The topological polar surface area (TPSA) is 155 Å². The first-order valence-corrected chi connectivity index (χ1v) is 11.4. The Labute approximate surface area is 225 Å². The fourth-order valence-electron chi connectivity index (χ4n) is 4.55. The number of aromatic nitrogens is 1. The lowest BCUT2D eigenvalue weighted by Gasteiger charge is -2.28. The molecule has 0 radical (unpaired) electrons. The van der Waals surface area contributed by atoms with Gasteiger partial charge in [-0.25, -0.2) is 9.59 Å². The molecule has 0 bridgehead atoms. The number of anilines is 1. The Morgan fingerprint density at radius 3 is 2.49 bits per heavy atom. The number of carbonyl (C=O) groups excluding carboxylic acids is 2. The first-order valence-electron chi connectivity index (χ1n) is 11.4. The Kier molecular flexibility index (Phi) is 8.39. The summed E-state index contributed by atoms with van der Waals surface area (Å²) in [6, 6.07) is 10.6. The molecule has 2 aromatic carbocycles. The van der Waals surface area contributed by atoms with Gasteiger partial charge in [0.15, 0.2) is 11.3 Å². The normalized spacial score (nSPS) is 16.9. The van der Waals surface area contributed by atoms with Crippen LogP contribution >= 0.6 is 12.4 Å². The molecule has 1 amide bonds. The second kappa shape index (κ2) is 11.0. The first-order chi connectivity index (χ1) is 17.9. The lowest BCUT2D eigenvalue weighted by molar-refractivity contribution is -0.151. The van der Waals surface area contributed by atoms with Crippen molar-refractivity contribution < 1.29 is 37.4 Å². The van der Waals surface area contributed by atoms with E-state index in [1.54, 1.807) is 0 Å². The van der Waals surface area contributed by atoms with E-state index in [1.165, 1.54) is 54.4 Å². The summed E-state index contributed by atoms with van der Waals surface area (Å²) in [6.45, 7) is -0.658. The number of rotatable bonds is 8. The lowest BCUT2D eigenvalue weighted by atomic mass is 9.87. The molecule has 2 heterocycles. The van der Waals surface area contributed by atoms with Crippen LogP contribution < -0.4 is 21.5 Å². The number of H-pyrrole nitrogens is 1. The average molecular weight is 569 g/mol. The molecule has 208 valence electrons. The average Bonchev–Trinajstić information content (AvgIpc) is 3.25. The number of amides is 1. The molecule has 39 heavy (non-hydrogen) atoms. The fourth-order valence-corrected chi connectivity index (χ4v) is 4.55. The van der Waals surface area contributed by atoms with E-state index in [-0.39, 0.29) is 47.7 Å². The molecule has 0 saturated carbocycles. The van der Waals surface area contributed by atoms with Gasteiger partial charge in [0, 0.05) is 28.8 Å². The number of hydrogen-bond acceptors (Lipinski definition) is 7. The molecule has 1 saturated heterocycles. The summed E-state index contributed by atoms with van der Waals surface area (Å²) in [5.74, 6) is -2.26. The van der Waals surface area contributed by atoms with E-state index < -0.39 is 53.3 Å². The summed E-state index contributed by atoms with van der Waals surface area (Å²) >= 11 is 0. The van der Waals surface area contributed by atoms with Gasteiger partial charge in [-0.1, -0.05) is 24.3 Å². The zero-order chi connectivity index (χ0) is 27.8. The Balaban J connectivity index is 0.00000420. The quantitative estimate of drug-likeness (QED) is 0.302. The van der Waals surface area contributed by atoms with Crippen LogP contribution in [-0.2, 0) is 20.5 Å². The van der Waals surface area contributed by atoms with Crippen molar-refractivity contribution in [1.82, 2.24) is 10.3 Å². The summed E-state index contributed by atoms with van der Waals surface area (Å²) in [4.78, 5) is 53.3. The molecular formula is C25H24ClF3N4O6. The number of carboxylic acid groups (broad SMARTS) is 1. The van der Waals surface area contributed by atoms with Gasteiger partial charge in [0.05, 0.1) is 18.7 Å². The Bertz CT molecular complexity index is 1490. The van der Waals surface area contributed by atoms with Crippen LogP contribution in [0.3, 0.4) is 0 Å². The SMILES string of the molecule is CNC(C[C@H]1CN(c2ccc3cc(-c4ccccc4C(F)(F)F)[nH]c(=O)c3c2)C(=O)O1)(C(=O)O)C(=O)CN.Cl. The van der Waals surface area contributed by atoms with Crippen LogP contribution in [0.25, 0.3) is 22.0 Å². The van der Waals surface area contributed by atoms with Crippen LogP contribution in [0, 0.1) is 0 Å². The van der Waals surface area contributed by atoms with Crippen molar-refractivity contribution in [1.29, 1.82) is 0 Å². The predicted molar refractivity (Wildman–Crippen MR) is 138 cm³/mol. The Morgan fingerprint density at radius 1 is 1.18 bits per heavy atom. The summed E-state index contributed by atoms with van der Waals surface area (Å²) in [5.41, 5.74) is 1.78. The number of ether oxygens (including phenoxy) is 1. The number of aliphatic carboxylic acids is 1. The van der Waals surface area contributed by atoms with Crippen LogP contribution in [0.2, 0.25) is 0 Å². The monoisotopic (exact) mass is 568 g/mol. The van der Waals surface area contributed by atoms with Gasteiger partial charge in [-0.15, -0.1) is 12.4 Å². The third-order valence-corrected chi connectivity index (χ3v) is 6.53. The molecule has 2 atom stereocenters. The number of fused-ring (bicyclic) bond motifs is 1. The summed E-state index contributed by atoms with van der Waals surface area (Å²) in [7, 11) is 1.28. The standard InChI is InChI=1S/C25H23F3N4O6.ClH/c1-30-24(22(35)36,20(33)11-29)10-15-12-32(23(37)38-15)14-7-6-13-8-19(31-21(34)17(13)9-14)16-4-2-3-5-18(16)25(26,27)28;/h2-9,15,30H,10-12,29H2,1H3,(H,31,34)(H,35,36);1H/t15-,24?;/m0./s1. The summed E-state index contributed by atoms with van der Waals surface area (Å²) in [5, 5.41) is 12.6. The zero-order valence-corrected chi connectivity index (χ0v) is 21.2. The molecule has 3 aromatic rings. The van der Waals surface area contributed by atoms with E-state index >= 15 is 0 Å². The number of nitrogens with one attached hydrogen (secondary N) is 2. The number of likely N-dealkylation sites (N-methyl/N-ethyl adjacent to an activating group) is 1. The minimum absolute atomic E-state index is 0. The van der Waals surface area contributed by atoms with Crippen molar-refractivity contribution in [2.45, 2.75) is 24.2 Å². The highest BCUT2D eigenvalue weighted by atomic mass is 35.5. The van der Waals surface area contributed by atoms with Crippen LogP contribution in [0.4, 0.5) is 23.7 Å². The number of aromatic amines is 1. The number of pyridine rings is 1. The zero-order valence-electron chi connectivity index (χ0n) is 20.4. The summed E-state index contributed by atoms with van der Waals surface area (Å²) < 4.78 is 45.7. The van der Waals surface area contributed by atoms with Gasteiger partial charge in [0.25, 0.3) is 5.56 Å². The van der Waals surface area contributed by atoms with Crippen LogP contribution in [0.5, 0.6) is 0 Å². The van der Waals surface area contributed by atoms with E-state index in [4.69, 9.17) is 10.5 Å². The molecule has 1 aliphatic heterocycles. The molecule has 0 spiro atoms. The molecule has 1 aromatic heterocycles. The minimum atomic E-state index is -4.63. The third kappa shape index (κ3) is 5.46. The maximum absolute atomic E-state index is 13.5. The number of cyclic esters (lactones) is 1. The highest BCUT2D eigenvalue weighted by Crippen LogP contribution is 2.37. The molecule has 5 N–H and O–H groups in total. The molecule has 1 aliphatic rings. The molecule has 1 unspecified atom stereocenters. The van der Waals surface area contributed by atoms with Crippen LogP contribution in [0.1, 0.15) is 12.0 Å². The van der Waals surface area contributed by atoms with Gasteiger partial charge < -0.3 is 20.6 Å². The smallest absolute Gasteiger partial charge is 0.417 e. The van der Waals surface area contributed by atoms with Gasteiger partial charge in [0.1, 0.15) is 6.10 Å². The van der Waals surface area contributed by atoms with Crippen LogP contribution in [-0.4, -0.2) is 59.7 Å². The van der Waals surface area contributed by atoms with Crippen molar-refractivity contribution in [3.8, 4) is 11.3 Å². The number of Topliss-reactive ketones (excluding diaryl/α,β-unsaturated/α-hetero) is 1. The van der Waals surface area contributed by atoms with Crippen molar-refractivity contribution in [3.63, 3.8) is 0 Å². The van der Waals surface area contributed by atoms with Gasteiger partial charge in [-0.2, -0.15) is 13.2 Å². The van der Waals surface area contributed by atoms with Gasteiger partial charge in [-0.05, 0) is 36.7 Å². The molecule has 4 rings (SSSR count). The second-order valence-electron chi connectivity index (χ2n) is 8.74. The van der Waals surface area contributed by atoms with Crippen molar-refractivity contribution >= 4 is 46.7 Å². The molecule has 14 heteroatoms. The number of benzene rings is 2. The highest BCUT2D eigenvalue weighted by molar-refractivity contribution is 6.08. The number of ketones is 1. The number of alkyl halides is 3. The molecule has 10 nitrogen and oxygen atoms in total. The van der Waals surface area contributed by atoms with Crippen LogP contribution in [0.15, 0.2) is 53.3 Å². The van der Waals surface area contributed by atoms with E-state index in [0.717, 1.165) is 6.07 Å². The fraction of sp³-hybridized carbons (Fsp3) is 0.280. The third-order valence-electron chi connectivity index (χ3n) is 6.53. The predicted octanol–water partition coefficient (Wildman–Crippen LogP) is 2.92. The molecular weight excluding hydrogens is 545 g/mol. The Hall–Kier alpha value is -3.94. The number of nitrogens with two attached hydrogens (primary N) is 1. The lowest BCUT2D eigenvalue weighted by Crippen LogP contribution is -2.60. The maximum Gasteiger partial charge on any atom is 0.417 e. The number of halogens is 4. The first kappa shape index (κ1) is 29.6. The molecule has 0 aliphatic carbocycles. The van der Waals surface area contributed by atoms with Crippen molar-refractivity contribution in [2.75, 3.05) is 25.0 Å². The second-order valence-corrected chi connectivity index (χ2v) is 8.74. The highest BCUT2D eigenvalue weighted by Gasteiger charge is 2.48. The van der Waals surface area contributed by atoms with E-state index in [9.17, 15) is 37.5 Å².